The number of hydrogen-bond donors (Lipinski definition) is 1. The van der Waals surface area contributed by atoms with Crippen LogP contribution in [0.4, 0.5) is 0 Å². The minimum atomic E-state index is -0.365. The Hall–Kier alpha value is -2.31. The number of ether oxygens (including phenoxy) is 1. The number of nitrogens with zero attached hydrogens (tertiary/aromatic N) is 1. The molecule has 0 spiro atoms. The van der Waals surface area contributed by atoms with Crippen molar-refractivity contribution in [1.82, 2.24) is 0 Å². The van der Waals surface area contributed by atoms with E-state index >= 15 is 0 Å². The average Bonchev–Trinajstić information content (AvgIpc) is 2.88. The van der Waals surface area contributed by atoms with Gasteiger partial charge in [0.05, 0.1) is 17.7 Å². The van der Waals surface area contributed by atoms with E-state index in [9.17, 15) is 5.11 Å². The number of aliphatic hydroxyl groups is 1. The van der Waals surface area contributed by atoms with Crippen LogP contribution in [0.15, 0.2) is 42.5 Å². The van der Waals surface area contributed by atoms with Crippen LogP contribution in [0.5, 0.6) is 5.75 Å². The minimum absolute atomic E-state index is 0.365. The molecule has 0 saturated carbocycles. The molecule has 20 heavy (non-hydrogen) atoms. The summed E-state index contributed by atoms with van der Waals surface area (Å²) in [5, 5.41) is 18.8. The summed E-state index contributed by atoms with van der Waals surface area (Å²) < 4.78 is 5.86. The van der Waals surface area contributed by atoms with Crippen LogP contribution < -0.4 is 4.74 Å². The standard InChI is InChI=1S/C17H15NO2/c18-10-12-3-1-4-13(9-12)11-20-17-6-2-5-14-15(17)7-8-16(14)19/h1-6,9,16,19H,7-8,11H2. The lowest BCUT2D eigenvalue weighted by atomic mass is 10.1. The van der Waals surface area contributed by atoms with E-state index in [0.29, 0.717) is 12.2 Å². The highest BCUT2D eigenvalue weighted by Gasteiger charge is 2.23. The fourth-order valence-corrected chi connectivity index (χ4v) is 2.63. The van der Waals surface area contributed by atoms with Gasteiger partial charge in [0.25, 0.3) is 0 Å². The molecule has 0 heterocycles. The van der Waals surface area contributed by atoms with Gasteiger partial charge in [-0.1, -0.05) is 24.3 Å². The zero-order valence-electron chi connectivity index (χ0n) is 11.0. The number of aliphatic hydroxyl groups excluding tert-OH is 1. The molecule has 1 aliphatic carbocycles. The first-order chi connectivity index (χ1) is 9.78. The summed E-state index contributed by atoms with van der Waals surface area (Å²) in [6.45, 7) is 0.433. The second kappa shape index (κ2) is 5.36. The van der Waals surface area contributed by atoms with Crippen LogP contribution in [0.3, 0.4) is 0 Å². The summed E-state index contributed by atoms with van der Waals surface area (Å²) in [6.07, 6.45) is 1.25. The highest BCUT2D eigenvalue weighted by Crippen LogP contribution is 2.36. The fourth-order valence-electron chi connectivity index (χ4n) is 2.63. The topological polar surface area (TPSA) is 53.2 Å². The molecule has 0 aliphatic heterocycles. The van der Waals surface area contributed by atoms with E-state index < -0.39 is 0 Å². The lowest BCUT2D eigenvalue weighted by Crippen LogP contribution is -1.99. The molecular weight excluding hydrogens is 250 g/mol. The summed E-state index contributed by atoms with van der Waals surface area (Å²) in [4.78, 5) is 0. The summed E-state index contributed by atoms with van der Waals surface area (Å²) in [6, 6.07) is 15.3. The number of fused-ring (bicyclic) bond motifs is 1. The molecule has 2 aromatic carbocycles. The van der Waals surface area contributed by atoms with Gasteiger partial charge >= 0.3 is 0 Å². The molecule has 1 aliphatic rings. The second-order valence-corrected chi connectivity index (χ2v) is 4.98. The minimum Gasteiger partial charge on any atom is -0.489 e. The van der Waals surface area contributed by atoms with Crippen molar-refractivity contribution in [1.29, 1.82) is 5.26 Å². The lowest BCUT2D eigenvalue weighted by Gasteiger charge is -2.11. The largest absolute Gasteiger partial charge is 0.489 e. The molecule has 1 unspecified atom stereocenters. The quantitative estimate of drug-likeness (QED) is 0.927. The van der Waals surface area contributed by atoms with Crippen molar-refractivity contribution in [2.24, 2.45) is 0 Å². The number of hydrogen-bond acceptors (Lipinski definition) is 3. The van der Waals surface area contributed by atoms with Gasteiger partial charge in [-0.15, -0.1) is 0 Å². The summed E-state index contributed by atoms with van der Waals surface area (Å²) in [5.41, 5.74) is 3.70. The first-order valence-electron chi connectivity index (χ1n) is 6.69. The second-order valence-electron chi connectivity index (χ2n) is 4.98. The van der Waals surface area contributed by atoms with E-state index in [0.717, 1.165) is 35.3 Å². The van der Waals surface area contributed by atoms with Gasteiger partial charge < -0.3 is 9.84 Å². The zero-order valence-corrected chi connectivity index (χ0v) is 11.0. The van der Waals surface area contributed by atoms with Gasteiger partial charge in [-0.2, -0.15) is 5.26 Å². The Kier molecular flexibility index (Phi) is 3.41. The normalized spacial score (nSPS) is 16.5. The van der Waals surface area contributed by atoms with Crippen LogP contribution in [0, 0.1) is 11.3 Å². The van der Waals surface area contributed by atoms with Gasteiger partial charge in [0.15, 0.2) is 0 Å². The highest BCUT2D eigenvalue weighted by atomic mass is 16.5. The van der Waals surface area contributed by atoms with Crippen molar-refractivity contribution >= 4 is 0 Å². The molecule has 1 N–H and O–H groups in total. The molecule has 3 rings (SSSR count). The van der Waals surface area contributed by atoms with E-state index in [1.165, 1.54) is 0 Å². The van der Waals surface area contributed by atoms with E-state index in [4.69, 9.17) is 10.00 Å². The third-order valence-electron chi connectivity index (χ3n) is 3.65. The van der Waals surface area contributed by atoms with E-state index in [-0.39, 0.29) is 6.10 Å². The molecule has 0 fully saturated rings. The number of benzene rings is 2. The smallest absolute Gasteiger partial charge is 0.123 e. The van der Waals surface area contributed by atoms with Crippen molar-refractivity contribution in [3.8, 4) is 11.8 Å². The molecule has 0 bridgehead atoms. The van der Waals surface area contributed by atoms with Crippen LogP contribution in [-0.2, 0) is 13.0 Å². The van der Waals surface area contributed by atoms with Gasteiger partial charge in [0.1, 0.15) is 12.4 Å². The van der Waals surface area contributed by atoms with Crippen molar-refractivity contribution in [3.63, 3.8) is 0 Å². The summed E-state index contributed by atoms with van der Waals surface area (Å²) in [7, 11) is 0. The summed E-state index contributed by atoms with van der Waals surface area (Å²) >= 11 is 0. The maximum atomic E-state index is 9.87. The Balaban J connectivity index is 1.78. The molecule has 0 radical (unpaired) electrons. The van der Waals surface area contributed by atoms with E-state index in [1.54, 1.807) is 6.07 Å². The zero-order chi connectivity index (χ0) is 13.9. The number of rotatable bonds is 3. The lowest BCUT2D eigenvalue weighted by molar-refractivity contribution is 0.180. The Morgan fingerprint density at radius 3 is 2.95 bits per heavy atom. The van der Waals surface area contributed by atoms with Gasteiger partial charge in [-0.05, 0) is 42.2 Å². The first kappa shape index (κ1) is 12.7. The molecule has 1 atom stereocenters. The first-order valence-corrected chi connectivity index (χ1v) is 6.69. The Bertz CT molecular complexity index is 673. The van der Waals surface area contributed by atoms with E-state index in [2.05, 4.69) is 6.07 Å². The fraction of sp³-hybridized carbons (Fsp3) is 0.235. The van der Waals surface area contributed by atoms with Crippen molar-refractivity contribution < 1.29 is 9.84 Å². The van der Waals surface area contributed by atoms with Gasteiger partial charge in [-0.25, -0.2) is 0 Å². The van der Waals surface area contributed by atoms with Gasteiger partial charge in [0.2, 0.25) is 0 Å². The Labute approximate surface area is 118 Å². The van der Waals surface area contributed by atoms with Crippen LogP contribution in [-0.4, -0.2) is 5.11 Å². The third-order valence-corrected chi connectivity index (χ3v) is 3.65. The van der Waals surface area contributed by atoms with Crippen LogP contribution >= 0.6 is 0 Å². The molecule has 0 aromatic heterocycles. The monoisotopic (exact) mass is 265 g/mol. The molecule has 0 amide bonds. The molecule has 0 saturated heterocycles. The van der Waals surface area contributed by atoms with Crippen molar-refractivity contribution in [2.45, 2.75) is 25.6 Å². The van der Waals surface area contributed by atoms with Crippen molar-refractivity contribution in [2.75, 3.05) is 0 Å². The van der Waals surface area contributed by atoms with Crippen LogP contribution in [0.2, 0.25) is 0 Å². The molecular formula is C17H15NO2. The average molecular weight is 265 g/mol. The third kappa shape index (κ3) is 2.38. The van der Waals surface area contributed by atoms with Gasteiger partial charge in [-0.3, -0.25) is 0 Å². The molecule has 2 aromatic rings. The van der Waals surface area contributed by atoms with Crippen molar-refractivity contribution in [3.05, 3.63) is 64.7 Å². The molecule has 3 nitrogen and oxygen atoms in total. The SMILES string of the molecule is N#Cc1cccc(COc2cccc3c2CCC3O)c1. The highest BCUT2D eigenvalue weighted by molar-refractivity contribution is 5.44. The molecule has 100 valence electrons. The van der Waals surface area contributed by atoms with Gasteiger partial charge in [0, 0.05) is 5.56 Å². The predicted molar refractivity (Wildman–Crippen MR) is 75.2 cm³/mol. The predicted octanol–water partition coefficient (Wildman–Crippen LogP) is 3.12. The van der Waals surface area contributed by atoms with Crippen LogP contribution in [0.25, 0.3) is 0 Å². The maximum Gasteiger partial charge on any atom is 0.123 e. The van der Waals surface area contributed by atoms with Crippen LogP contribution in [0.1, 0.15) is 34.8 Å². The maximum absolute atomic E-state index is 9.87. The Morgan fingerprint density at radius 1 is 1.25 bits per heavy atom. The summed E-state index contributed by atoms with van der Waals surface area (Å²) in [5.74, 6) is 0.835. The van der Waals surface area contributed by atoms with E-state index in [1.807, 2.05) is 36.4 Å². The Morgan fingerprint density at radius 2 is 2.10 bits per heavy atom. The molecule has 3 heteroatoms. The number of nitriles is 1.